The molecule has 2 fully saturated rings. The molecule has 2 heterocycles. The van der Waals surface area contributed by atoms with Crippen LogP contribution in [-0.2, 0) is 19.6 Å². The van der Waals surface area contributed by atoms with Crippen LogP contribution in [0.3, 0.4) is 0 Å². The summed E-state index contributed by atoms with van der Waals surface area (Å²) in [6.45, 7) is 1.68. The summed E-state index contributed by atoms with van der Waals surface area (Å²) in [4.78, 5) is 26.3. The number of piperazine rings is 1. The number of anilines is 2. The van der Waals surface area contributed by atoms with Crippen molar-refractivity contribution >= 4 is 33.4 Å². The third kappa shape index (κ3) is 4.97. The lowest BCUT2D eigenvalue weighted by molar-refractivity contribution is -0.166. The van der Waals surface area contributed by atoms with Gasteiger partial charge in [0.05, 0.1) is 34.9 Å². The molecular formula is C23H24FN5O6S. The molecule has 0 aliphatic carbocycles. The van der Waals surface area contributed by atoms with E-state index in [1.807, 2.05) is 6.07 Å². The van der Waals surface area contributed by atoms with E-state index in [1.54, 1.807) is 23.1 Å². The maximum atomic E-state index is 15.0. The number of nitrogens with zero attached hydrogens (tertiary/aromatic N) is 5. The molecule has 0 aromatic heterocycles. The highest BCUT2D eigenvalue weighted by Crippen LogP contribution is 2.29. The van der Waals surface area contributed by atoms with E-state index in [0.29, 0.717) is 5.06 Å². The zero-order chi connectivity index (χ0) is 26.0. The monoisotopic (exact) mass is 517 g/mol. The second kappa shape index (κ2) is 10.1. The van der Waals surface area contributed by atoms with Crippen LogP contribution in [-0.4, -0.2) is 80.4 Å². The summed E-state index contributed by atoms with van der Waals surface area (Å²) in [5, 5.41) is 19.3. The van der Waals surface area contributed by atoms with E-state index in [1.165, 1.54) is 40.4 Å². The number of sulfonamides is 1. The molecule has 1 N–H and O–H groups in total. The maximum absolute atomic E-state index is 15.0. The number of hydroxylamine groups is 2. The third-order valence-electron chi connectivity index (χ3n) is 6.06. The molecule has 4 rings (SSSR count). The van der Waals surface area contributed by atoms with Crippen LogP contribution < -0.4 is 9.80 Å². The van der Waals surface area contributed by atoms with E-state index < -0.39 is 33.9 Å². The lowest BCUT2D eigenvalue weighted by atomic mass is 10.2. The molecule has 2 aromatic carbocycles. The van der Waals surface area contributed by atoms with E-state index in [0.717, 1.165) is 0 Å². The van der Waals surface area contributed by atoms with E-state index >= 15 is 4.39 Å². The molecule has 36 heavy (non-hydrogen) atoms. The van der Waals surface area contributed by atoms with Gasteiger partial charge < -0.3 is 9.64 Å². The van der Waals surface area contributed by atoms with Crippen LogP contribution >= 0.6 is 0 Å². The summed E-state index contributed by atoms with van der Waals surface area (Å²) in [5.41, 5.74) is 0.582. The molecule has 1 atom stereocenters. The zero-order valence-electron chi connectivity index (χ0n) is 19.4. The number of carbonyl (C=O) groups excluding carboxylic acids is 2. The number of carbonyl (C=O) groups is 2. The van der Waals surface area contributed by atoms with Crippen LogP contribution in [0.5, 0.6) is 0 Å². The van der Waals surface area contributed by atoms with E-state index in [4.69, 9.17) is 4.74 Å². The standard InChI is InChI=1S/C23H24FN5O6S/c1-16(30)29(32)15-19-14-28(23(31)35-19)18-6-7-21(20(24)12-18)26-8-10-27(11-9-26)36(33,34)22-5-3-2-4-17(22)13-25/h2-7,12,19,32H,8-11,14-15H2,1H3/t19-/m0/s1. The number of benzene rings is 2. The number of ether oxygens (including phenoxy) is 1. The van der Waals surface area contributed by atoms with Crippen molar-refractivity contribution in [3.05, 3.63) is 53.8 Å². The smallest absolute Gasteiger partial charge is 0.414 e. The van der Waals surface area contributed by atoms with Crippen molar-refractivity contribution in [1.82, 2.24) is 9.37 Å². The lowest BCUT2D eigenvalue weighted by Crippen LogP contribution is -2.49. The number of nitriles is 1. The molecular weight excluding hydrogens is 493 g/mol. The minimum absolute atomic E-state index is 0.0304. The van der Waals surface area contributed by atoms with Crippen molar-refractivity contribution < 1.29 is 32.3 Å². The van der Waals surface area contributed by atoms with Crippen molar-refractivity contribution in [3.63, 3.8) is 0 Å². The van der Waals surface area contributed by atoms with Crippen molar-refractivity contribution in [1.29, 1.82) is 5.26 Å². The first-order chi connectivity index (χ1) is 17.1. The Balaban J connectivity index is 1.42. The highest BCUT2D eigenvalue weighted by atomic mass is 32.2. The summed E-state index contributed by atoms with van der Waals surface area (Å²) in [7, 11) is -3.87. The van der Waals surface area contributed by atoms with Gasteiger partial charge >= 0.3 is 6.09 Å². The Morgan fingerprint density at radius 1 is 1.22 bits per heavy atom. The van der Waals surface area contributed by atoms with Gasteiger partial charge in [-0.1, -0.05) is 12.1 Å². The minimum Gasteiger partial charge on any atom is -0.442 e. The largest absolute Gasteiger partial charge is 0.442 e. The fourth-order valence-corrected chi connectivity index (χ4v) is 5.73. The average molecular weight is 518 g/mol. The Bertz CT molecular complexity index is 1320. The normalized spacial score (nSPS) is 18.6. The lowest BCUT2D eigenvalue weighted by Gasteiger charge is -2.35. The first kappa shape index (κ1) is 25.4. The number of hydrogen-bond donors (Lipinski definition) is 1. The van der Waals surface area contributed by atoms with Gasteiger partial charge in [0, 0.05) is 33.1 Å². The van der Waals surface area contributed by atoms with E-state index in [9.17, 15) is 28.5 Å². The van der Waals surface area contributed by atoms with Crippen LogP contribution in [0.15, 0.2) is 47.4 Å². The van der Waals surface area contributed by atoms with Crippen LogP contribution in [0.4, 0.5) is 20.6 Å². The molecule has 0 unspecified atom stereocenters. The van der Waals surface area contributed by atoms with Crippen LogP contribution in [0, 0.1) is 17.1 Å². The Morgan fingerprint density at radius 3 is 2.56 bits per heavy atom. The predicted octanol–water partition coefficient (Wildman–Crippen LogP) is 1.77. The van der Waals surface area contributed by atoms with Gasteiger partial charge in [-0.2, -0.15) is 9.57 Å². The van der Waals surface area contributed by atoms with Gasteiger partial charge in [-0.3, -0.25) is 14.9 Å². The Hall–Kier alpha value is -3.73. The number of hydrogen-bond acceptors (Lipinski definition) is 8. The Kier molecular flexibility index (Phi) is 7.11. The number of rotatable bonds is 6. The first-order valence-electron chi connectivity index (χ1n) is 11.1. The van der Waals surface area contributed by atoms with Gasteiger partial charge in [0.25, 0.3) is 0 Å². The molecule has 0 saturated carbocycles. The second-order valence-corrected chi connectivity index (χ2v) is 10.3. The quantitative estimate of drug-likeness (QED) is 0.453. The molecule has 2 aromatic rings. The Labute approximate surface area is 207 Å². The van der Waals surface area contributed by atoms with Crippen molar-refractivity contribution in [3.8, 4) is 6.07 Å². The topological polar surface area (TPSA) is 134 Å². The summed E-state index contributed by atoms with van der Waals surface area (Å²) < 4.78 is 47.5. The molecule has 2 amide bonds. The Morgan fingerprint density at radius 2 is 1.92 bits per heavy atom. The first-order valence-corrected chi connectivity index (χ1v) is 12.5. The molecule has 2 aliphatic rings. The molecule has 11 nitrogen and oxygen atoms in total. The summed E-state index contributed by atoms with van der Waals surface area (Å²) in [6, 6.07) is 12.1. The van der Waals surface area contributed by atoms with Gasteiger partial charge in [0.2, 0.25) is 15.9 Å². The molecule has 0 radical (unpaired) electrons. The van der Waals surface area contributed by atoms with E-state index in [-0.39, 0.29) is 61.1 Å². The highest BCUT2D eigenvalue weighted by Gasteiger charge is 2.35. The fourth-order valence-electron chi connectivity index (χ4n) is 4.16. The van der Waals surface area contributed by atoms with Crippen LogP contribution in [0.25, 0.3) is 0 Å². The summed E-state index contributed by atoms with van der Waals surface area (Å²) >= 11 is 0. The van der Waals surface area contributed by atoms with Gasteiger partial charge in [0.1, 0.15) is 18.0 Å². The molecule has 13 heteroatoms. The summed E-state index contributed by atoms with van der Waals surface area (Å²) in [5.74, 6) is -1.19. The maximum Gasteiger partial charge on any atom is 0.414 e. The SMILES string of the molecule is CC(=O)N(O)C[C@@H]1CN(c2ccc(N3CCN(S(=O)(=O)c4ccccc4C#N)CC3)c(F)c2)C(=O)O1. The molecule has 2 saturated heterocycles. The van der Waals surface area contributed by atoms with Gasteiger partial charge in [-0.15, -0.1) is 0 Å². The van der Waals surface area contributed by atoms with Crippen LogP contribution in [0.2, 0.25) is 0 Å². The molecule has 190 valence electrons. The summed E-state index contributed by atoms with van der Waals surface area (Å²) in [6.07, 6.45) is -1.49. The fraction of sp³-hybridized carbons (Fsp3) is 0.348. The van der Waals surface area contributed by atoms with Crippen molar-refractivity contribution in [2.75, 3.05) is 49.1 Å². The minimum atomic E-state index is -3.87. The predicted molar refractivity (Wildman–Crippen MR) is 125 cm³/mol. The number of cyclic esters (lactones) is 1. The van der Waals surface area contributed by atoms with Gasteiger partial charge in [0.15, 0.2) is 0 Å². The highest BCUT2D eigenvalue weighted by molar-refractivity contribution is 7.89. The molecule has 0 spiro atoms. The number of amides is 2. The zero-order valence-corrected chi connectivity index (χ0v) is 20.2. The van der Waals surface area contributed by atoms with Crippen molar-refractivity contribution in [2.45, 2.75) is 17.9 Å². The van der Waals surface area contributed by atoms with Gasteiger partial charge in [-0.05, 0) is 30.3 Å². The second-order valence-electron chi connectivity index (χ2n) is 8.35. The number of halogens is 1. The molecule has 0 bridgehead atoms. The van der Waals surface area contributed by atoms with Crippen molar-refractivity contribution in [2.24, 2.45) is 0 Å². The van der Waals surface area contributed by atoms with Gasteiger partial charge in [-0.25, -0.2) is 22.7 Å². The average Bonchev–Trinajstić information content (AvgIpc) is 3.23. The van der Waals surface area contributed by atoms with Crippen LogP contribution in [0.1, 0.15) is 12.5 Å². The van der Waals surface area contributed by atoms with E-state index in [2.05, 4.69) is 0 Å². The third-order valence-corrected chi connectivity index (χ3v) is 8.02. The molecule has 2 aliphatic heterocycles.